The molecule has 2 rings (SSSR count). The first-order valence-electron chi connectivity index (χ1n) is 6.23. The second-order valence-corrected chi connectivity index (χ2v) is 5.10. The van der Waals surface area contributed by atoms with Gasteiger partial charge in [-0.1, -0.05) is 18.6 Å². The molecule has 98 valence electrons. The predicted molar refractivity (Wildman–Crippen MR) is 77.1 cm³/mol. The largest absolute Gasteiger partial charge is 0.489 e. The van der Waals surface area contributed by atoms with Crippen LogP contribution in [0.4, 0.5) is 0 Å². The number of ether oxygens (including phenoxy) is 2. The summed E-state index contributed by atoms with van der Waals surface area (Å²) >= 11 is 3.54. The van der Waals surface area contributed by atoms with Crippen molar-refractivity contribution in [2.24, 2.45) is 5.73 Å². The maximum atomic E-state index is 5.70. The summed E-state index contributed by atoms with van der Waals surface area (Å²) in [6.45, 7) is 4.09. The van der Waals surface area contributed by atoms with E-state index in [2.05, 4.69) is 28.9 Å². The highest BCUT2D eigenvalue weighted by Gasteiger charge is 2.14. The van der Waals surface area contributed by atoms with E-state index in [1.807, 2.05) is 12.1 Å². The van der Waals surface area contributed by atoms with Crippen LogP contribution < -0.4 is 15.2 Å². The van der Waals surface area contributed by atoms with Gasteiger partial charge in [-0.25, -0.2) is 0 Å². The molecule has 4 heteroatoms. The van der Waals surface area contributed by atoms with Crippen LogP contribution in [-0.4, -0.2) is 19.8 Å². The van der Waals surface area contributed by atoms with E-state index in [0.29, 0.717) is 19.8 Å². The van der Waals surface area contributed by atoms with Crippen LogP contribution in [0.25, 0.3) is 6.08 Å². The second-order valence-electron chi connectivity index (χ2n) is 4.24. The minimum absolute atomic E-state index is 0.586. The summed E-state index contributed by atoms with van der Waals surface area (Å²) in [5, 5.41) is 0. The van der Waals surface area contributed by atoms with Crippen LogP contribution >= 0.6 is 15.9 Å². The zero-order valence-corrected chi connectivity index (χ0v) is 12.1. The lowest BCUT2D eigenvalue weighted by Gasteiger charge is -2.11. The molecule has 1 aliphatic heterocycles. The third-order valence-electron chi connectivity index (χ3n) is 2.91. The summed E-state index contributed by atoms with van der Waals surface area (Å²) in [6.07, 6.45) is 3.98. The Morgan fingerprint density at radius 3 is 2.89 bits per heavy atom. The molecule has 0 fully saturated rings. The molecule has 0 unspecified atom stereocenters. The summed E-state index contributed by atoms with van der Waals surface area (Å²) < 4.78 is 12.3. The highest BCUT2D eigenvalue weighted by Crippen LogP contribution is 2.38. The Balaban J connectivity index is 2.37. The van der Waals surface area contributed by atoms with Crippen molar-refractivity contribution < 1.29 is 9.47 Å². The van der Waals surface area contributed by atoms with E-state index in [-0.39, 0.29) is 0 Å². The highest BCUT2D eigenvalue weighted by atomic mass is 79.9. The molecule has 0 spiro atoms. The normalized spacial score (nSPS) is 15.4. The van der Waals surface area contributed by atoms with Gasteiger partial charge in [0.2, 0.25) is 0 Å². The summed E-state index contributed by atoms with van der Waals surface area (Å²) in [5.74, 6) is 1.61. The Hall–Kier alpha value is -1.00. The molecule has 0 atom stereocenters. The van der Waals surface area contributed by atoms with E-state index >= 15 is 0 Å². The molecular formula is C14H18BrNO2. The minimum atomic E-state index is 0.586. The van der Waals surface area contributed by atoms with E-state index in [1.54, 1.807) is 0 Å². The van der Waals surface area contributed by atoms with Gasteiger partial charge in [-0.2, -0.15) is 0 Å². The highest BCUT2D eigenvalue weighted by molar-refractivity contribution is 9.10. The van der Waals surface area contributed by atoms with Crippen molar-refractivity contribution in [3.8, 4) is 11.5 Å². The van der Waals surface area contributed by atoms with Gasteiger partial charge in [0.15, 0.2) is 11.5 Å². The maximum Gasteiger partial charge on any atom is 0.175 e. The molecule has 1 aromatic rings. The first kappa shape index (κ1) is 13.4. The fourth-order valence-corrected chi connectivity index (χ4v) is 2.45. The van der Waals surface area contributed by atoms with Gasteiger partial charge >= 0.3 is 0 Å². The van der Waals surface area contributed by atoms with Crippen molar-refractivity contribution in [2.75, 3.05) is 19.8 Å². The number of benzene rings is 1. The fraction of sp³-hybridized carbons (Fsp3) is 0.429. The summed E-state index contributed by atoms with van der Waals surface area (Å²) in [6, 6.07) is 4.05. The summed E-state index contributed by atoms with van der Waals surface area (Å²) in [4.78, 5) is 0. The average molecular weight is 312 g/mol. The quantitative estimate of drug-likeness (QED) is 0.931. The third kappa shape index (κ3) is 3.06. The predicted octanol–water partition coefficient (Wildman–Crippen LogP) is 3.36. The smallest absolute Gasteiger partial charge is 0.175 e. The number of halogens is 1. The van der Waals surface area contributed by atoms with E-state index < -0.39 is 0 Å². The third-order valence-corrected chi connectivity index (χ3v) is 3.50. The maximum absolute atomic E-state index is 5.70. The van der Waals surface area contributed by atoms with Gasteiger partial charge in [0.25, 0.3) is 0 Å². The molecule has 0 amide bonds. The Bertz CT molecular complexity index is 451. The Kier molecular flexibility index (Phi) is 4.66. The van der Waals surface area contributed by atoms with E-state index in [4.69, 9.17) is 15.2 Å². The van der Waals surface area contributed by atoms with Crippen molar-refractivity contribution >= 4 is 22.0 Å². The standard InChI is InChI=1S/C14H18BrNO2/c1-2-10(9-16)6-11-7-12(15)14-13(8-11)17-4-3-5-18-14/h6-8H,2-5,9,16H2,1H3. The molecule has 2 N–H and O–H groups in total. The van der Waals surface area contributed by atoms with Gasteiger partial charge in [-0.15, -0.1) is 0 Å². The Morgan fingerprint density at radius 1 is 1.39 bits per heavy atom. The van der Waals surface area contributed by atoms with E-state index in [9.17, 15) is 0 Å². The minimum Gasteiger partial charge on any atom is -0.489 e. The van der Waals surface area contributed by atoms with Crippen molar-refractivity contribution in [2.45, 2.75) is 19.8 Å². The van der Waals surface area contributed by atoms with Gasteiger partial charge in [0, 0.05) is 13.0 Å². The molecule has 1 aliphatic rings. The van der Waals surface area contributed by atoms with Crippen molar-refractivity contribution in [3.63, 3.8) is 0 Å². The number of fused-ring (bicyclic) bond motifs is 1. The van der Waals surface area contributed by atoms with Gasteiger partial charge in [0.1, 0.15) is 0 Å². The first-order valence-corrected chi connectivity index (χ1v) is 7.02. The van der Waals surface area contributed by atoms with E-state index in [1.165, 1.54) is 5.57 Å². The zero-order valence-electron chi connectivity index (χ0n) is 10.5. The Morgan fingerprint density at radius 2 is 2.17 bits per heavy atom. The van der Waals surface area contributed by atoms with Crippen LogP contribution in [-0.2, 0) is 0 Å². The number of hydrogen-bond acceptors (Lipinski definition) is 3. The molecule has 18 heavy (non-hydrogen) atoms. The lowest BCUT2D eigenvalue weighted by molar-refractivity contribution is 0.296. The molecule has 0 saturated heterocycles. The molecule has 0 aliphatic carbocycles. The molecule has 1 aromatic carbocycles. The molecule has 0 bridgehead atoms. The second kappa shape index (κ2) is 6.25. The van der Waals surface area contributed by atoms with Crippen LogP contribution in [0.1, 0.15) is 25.3 Å². The van der Waals surface area contributed by atoms with Gasteiger partial charge in [0.05, 0.1) is 17.7 Å². The van der Waals surface area contributed by atoms with Crippen LogP contribution in [0, 0.1) is 0 Å². The van der Waals surface area contributed by atoms with Crippen LogP contribution in [0.2, 0.25) is 0 Å². The van der Waals surface area contributed by atoms with Crippen molar-refractivity contribution in [3.05, 3.63) is 27.7 Å². The van der Waals surface area contributed by atoms with Gasteiger partial charge < -0.3 is 15.2 Å². The molecule has 0 radical (unpaired) electrons. The average Bonchev–Trinajstić information content (AvgIpc) is 2.61. The lowest BCUT2D eigenvalue weighted by Crippen LogP contribution is -2.01. The summed E-state index contributed by atoms with van der Waals surface area (Å²) in [7, 11) is 0. The zero-order chi connectivity index (χ0) is 13.0. The first-order chi connectivity index (χ1) is 8.74. The fourth-order valence-electron chi connectivity index (χ4n) is 1.88. The number of hydrogen-bond donors (Lipinski definition) is 1. The SMILES string of the molecule is CCC(=Cc1cc(Br)c2c(c1)OCCCO2)CN. The van der Waals surface area contributed by atoms with Crippen molar-refractivity contribution in [1.82, 2.24) is 0 Å². The monoisotopic (exact) mass is 311 g/mol. The van der Waals surface area contributed by atoms with Gasteiger partial charge in [-0.3, -0.25) is 0 Å². The molecule has 0 aromatic heterocycles. The number of nitrogens with two attached hydrogens (primary N) is 1. The summed E-state index contributed by atoms with van der Waals surface area (Å²) in [5.41, 5.74) is 8.01. The molecule has 3 nitrogen and oxygen atoms in total. The molecule has 1 heterocycles. The number of rotatable bonds is 3. The van der Waals surface area contributed by atoms with Crippen molar-refractivity contribution in [1.29, 1.82) is 0 Å². The topological polar surface area (TPSA) is 44.5 Å². The molecular weight excluding hydrogens is 294 g/mol. The van der Waals surface area contributed by atoms with Crippen LogP contribution in [0.15, 0.2) is 22.2 Å². The molecule has 0 saturated carbocycles. The lowest BCUT2D eigenvalue weighted by atomic mass is 10.1. The van der Waals surface area contributed by atoms with Crippen LogP contribution in [0.3, 0.4) is 0 Å². The Labute approximate surface area is 116 Å². The van der Waals surface area contributed by atoms with Gasteiger partial charge in [-0.05, 0) is 40.0 Å². The van der Waals surface area contributed by atoms with Crippen LogP contribution in [0.5, 0.6) is 11.5 Å². The van der Waals surface area contributed by atoms with E-state index in [0.717, 1.165) is 34.4 Å².